The molecule has 0 radical (unpaired) electrons. The Morgan fingerprint density at radius 3 is 1.20 bits per heavy atom. The van der Waals surface area contributed by atoms with Crippen molar-refractivity contribution in [3.8, 4) is 66.8 Å². The second-order valence-electron chi connectivity index (χ2n) is 15.9. The lowest BCUT2D eigenvalue weighted by Gasteiger charge is -2.36. The highest BCUT2D eigenvalue weighted by Crippen LogP contribution is 2.52. The van der Waals surface area contributed by atoms with E-state index in [2.05, 4.69) is 201 Å². The summed E-state index contributed by atoms with van der Waals surface area (Å²) in [6, 6.07) is 67.3. The van der Waals surface area contributed by atoms with E-state index in [1.54, 1.807) is 0 Å². The van der Waals surface area contributed by atoms with Crippen LogP contribution in [0.3, 0.4) is 0 Å². The van der Waals surface area contributed by atoms with Gasteiger partial charge in [-0.15, -0.1) is 0 Å². The van der Waals surface area contributed by atoms with Crippen LogP contribution in [0.15, 0.2) is 182 Å². The molecule has 1 aliphatic heterocycles. The second kappa shape index (κ2) is 14.1. The largest absolute Gasteiger partial charge is 0.309 e. The van der Waals surface area contributed by atoms with Gasteiger partial charge < -0.3 is 5.32 Å². The molecule has 270 valence electrons. The molecule has 0 saturated heterocycles. The zero-order valence-electron chi connectivity index (χ0n) is 32.1. The minimum atomic E-state index is -0.114. The number of hydrogen-bond donors (Lipinski definition) is 1. The van der Waals surface area contributed by atoms with Crippen LogP contribution in [0.2, 0.25) is 0 Å². The first-order valence-electron chi connectivity index (χ1n) is 20.0. The summed E-state index contributed by atoms with van der Waals surface area (Å²) >= 11 is 0. The van der Waals surface area contributed by atoms with E-state index in [-0.39, 0.29) is 5.41 Å². The molecule has 0 fully saturated rings. The first kappa shape index (κ1) is 34.2. The third kappa shape index (κ3) is 6.00. The highest BCUT2D eigenvalue weighted by atomic mass is 14.9. The van der Waals surface area contributed by atoms with E-state index in [4.69, 9.17) is 0 Å². The van der Waals surface area contributed by atoms with Crippen LogP contribution in [0.1, 0.15) is 46.7 Å². The van der Waals surface area contributed by atoms with Crippen LogP contribution in [0.5, 0.6) is 0 Å². The van der Waals surface area contributed by atoms with Gasteiger partial charge in [0.15, 0.2) is 0 Å². The molecular formula is C55H45N. The fraction of sp³-hybridized carbons (Fsp3) is 0.127. The van der Waals surface area contributed by atoms with Crippen LogP contribution >= 0.6 is 0 Å². The van der Waals surface area contributed by atoms with Crippen LogP contribution in [-0.4, -0.2) is 0 Å². The number of benzene rings is 8. The fourth-order valence-electron chi connectivity index (χ4n) is 9.86. The smallest absolute Gasteiger partial charge is 0.0218 e. The molecule has 0 bridgehead atoms. The summed E-state index contributed by atoms with van der Waals surface area (Å²) < 4.78 is 0. The fourth-order valence-corrected chi connectivity index (χ4v) is 9.86. The van der Waals surface area contributed by atoms with Crippen molar-refractivity contribution in [2.24, 2.45) is 0 Å². The van der Waals surface area contributed by atoms with Gasteiger partial charge in [0, 0.05) is 18.5 Å². The minimum Gasteiger partial charge on any atom is -0.309 e. The Morgan fingerprint density at radius 1 is 0.393 bits per heavy atom. The molecule has 1 aliphatic carbocycles. The monoisotopic (exact) mass is 719 g/mol. The molecular weight excluding hydrogens is 675 g/mol. The van der Waals surface area contributed by atoms with Crippen molar-refractivity contribution in [3.05, 3.63) is 215 Å². The van der Waals surface area contributed by atoms with Crippen molar-refractivity contribution in [1.82, 2.24) is 5.32 Å². The molecule has 0 unspecified atom stereocenters. The van der Waals surface area contributed by atoms with E-state index in [9.17, 15) is 0 Å². The normalized spacial score (nSPS) is 15.8. The van der Waals surface area contributed by atoms with E-state index in [0.717, 1.165) is 25.9 Å². The molecule has 0 spiro atoms. The lowest BCUT2D eigenvalue weighted by molar-refractivity contribution is 0.531. The first-order chi connectivity index (χ1) is 27.5. The zero-order chi connectivity index (χ0) is 37.6. The highest BCUT2D eigenvalue weighted by Gasteiger charge is 2.42. The SMILES string of the molecule is Cc1ccc(-c2cc(-c3ccccc3)cc(-c3ccccc3)c2)c2c1[C@@]1(C)CCc3ccc(-c4cc(-c5ccccc5)cc(-c5ccccc5)c4)c(c31)CNC2. The predicted molar refractivity (Wildman–Crippen MR) is 236 cm³/mol. The standard InChI is InChI=1S/C55H45N/c1-37-23-25-49(47-31-43(38-15-7-3-8-16-38)29-44(32-47)39-17-9-4-10-18-39)51-35-56-36-52-50(26-24-42-27-28-55(2,53(37)51)54(42)52)48-33-45(40-19-11-5-12-20-40)30-46(34-48)41-21-13-6-14-22-41/h3-26,29-34,56H,27-28,35-36H2,1-2H3/t55-/m1/s1. The Morgan fingerprint density at radius 2 is 0.768 bits per heavy atom. The van der Waals surface area contributed by atoms with Gasteiger partial charge in [0.05, 0.1) is 0 Å². The molecule has 2 aliphatic rings. The molecule has 8 aromatic carbocycles. The molecule has 8 aromatic rings. The van der Waals surface area contributed by atoms with Gasteiger partial charge in [-0.05, 0) is 156 Å². The van der Waals surface area contributed by atoms with Gasteiger partial charge >= 0.3 is 0 Å². The predicted octanol–water partition coefficient (Wildman–Crippen LogP) is 13.9. The van der Waals surface area contributed by atoms with E-state index in [1.165, 1.54) is 100 Å². The maximum atomic E-state index is 4.03. The van der Waals surface area contributed by atoms with Gasteiger partial charge in [-0.25, -0.2) is 0 Å². The second-order valence-corrected chi connectivity index (χ2v) is 15.9. The van der Waals surface area contributed by atoms with Crippen LogP contribution in [0.4, 0.5) is 0 Å². The molecule has 1 nitrogen and oxygen atoms in total. The summed E-state index contributed by atoms with van der Waals surface area (Å²) in [4.78, 5) is 0. The van der Waals surface area contributed by atoms with Crippen molar-refractivity contribution in [2.45, 2.75) is 45.2 Å². The Hall–Kier alpha value is -6.28. The highest BCUT2D eigenvalue weighted by molar-refractivity contribution is 5.85. The molecule has 10 rings (SSSR count). The topological polar surface area (TPSA) is 12.0 Å². The summed E-state index contributed by atoms with van der Waals surface area (Å²) in [5.41, 5.74) is 23.8. The van der Waals surface area contributed by atoms with E-state index in [1.807, 2.05) is 0 Å². The van der Waals surface area contributed by atoms with Gasteiger partial charge in [0.2, 0.25) is 0 Å². The van der Waals surface area contributed by atoms with Crippen molar-refractivity contribution >= 4 is 0 Å². The first-order valence-corrected chi connectivity index (χ1v) is 20.0. The van der Waals surface area contributed by atoms with Gasteiger partial charge in [-0.3, -0.25) is 0 Å². The number of fused-ring (bicyclic) bond motifs is 2. The van der Waals surface area contributed by atoms with E-state index in [0.29, 0.717) is 0 Å². The molecule has 56 heavy (non-hydrogen) atoms. The molecule has 1 N–H and O–H groups in total. The van der Waals surface area contributed by atoms with Gasteiger partial charge in [0.25, 0.3) is 0 Å². The Kier molecular flexibility index (Phi) is 8.61. The van der Waals surface area contributed by atoms with Crippen LogP contribution in [0.25, 0.3) is 66.8 Å². The van der Waals surface area contributed by atoms with E-state index < -0.39 is 0 Å². The van der Waals surface area contributed by atoms with Gasteiger partial charge in [-0.2, -0.15) is 0 Å². The van der Waals surface area contributed by atoms with Crippen LogP contribution in [-0.2, 0) is 24.9 Å². The quantitative estimate of drug-likeness (QED) is 0.180. The maximum absolute atomic E-state index is 4.03. The average molecular weight is 720 g/mol. The van der Waals surface area contributed by atoms with E-state index >= 15 is 0 Å². The van der Waals surface area contributed by atoms with Crippen molar-refractivity contribution in [1.29, 1.82) is 0 Å². The lowest BCUT2D eigenvalue weighted by atomic mass is 9.69. The minimum absolute atomic E-state index is 0.114. The summed E-state index contributed by atoms with van der Waals surface area (Å²) in [6.45, 7) is 6.50. The summed E-state index contributed by atoms with van der Waals surface area (Å²) in [5.74, 6) is 0. The van der Waals surface area contributed by atoms with Crippen molar-refractivity contribution < 1.29 is 0 Å². The summed E-state index contributed by atoms with van der Waals surface area (Å²) in [6.07, 6.45) is 2.19. The zero-order valence-corrected chi connectivity index (χ0v) is 32.1. The van der Waals surface area contributed by atoms with Gasteiger partial charge in [0.1, 0.15) is 0 Å². The Labute approximate surface area is 331 Å². The third-order valence-corrected chi connectivity index (χ3v) is 12.4. The number of hydrogen-bond acceptors (Lipinski definition) is 1. The van der Waals surface area contributed by atoms with Gasteiger partial charge in [-0.1, -0.05) is 153 Å². The molecule has 0 saturated carbocycles. The summed E-state index contributed by atoms with van der Waals surface area (Å²) in [7, 11) is 0. The average Bonchev–Trinajstić information content (AvgIpc) is 3.60. The van der Waals surface area contributed by atoms with Crippen LogP contribution in [0, 0.1) is 6.92 Å². The molecule has 0 aromatic heterocycles. The van der Waals surface area contributed by atoms with Crippen LogP contribution < -0.4 is 5.32 Å². The molecule has 0 amide bonds. The molecule has 1 heteroatoms. The number of rotatable bonds is 6. The summed E-state index contributed by atoms with van der Waals surface area (Å²) in [5, 5.41) is 4.03. The van der Waals surface area contributed by atoms with Crippen molar-refractivity contribution in [3.63, 3.8) is 0 Å². The number of aryl methyl sites for hydroxylation is 2. The molecule has 1 atom stereocenters. The van der Waals surface area contributed by atoms with Crippen molar-refractivity contribution in [2.75, 3.05) is 0 Å². The maximum Gasteiger partial charge on any atom is 0.0218 e. The third-order valence-electron chi connectivity index (χ3n) is 12.4. The Bertz CT molecular complexity index is 2600. The lowest BCUT2D eigenvalue weighted by Crippen LogP contribution is -2.31. The number of nitrogens with one attached hydrogen (secondary N) is 1. The Balaban J connectivity index is 1.15. The molecule has 1 heterocycles.